The molecule has 0 atom stereocenters. The summed E-state index contributed by atoms with van der Waals surface area (Å²) in [5.41, 5.74) is 6.38. The molecule has 1 fully saturated rings. The summed E-state index contributed by atoms with van der Waals surface area (Å²) in [4.78, 5) is 15.9. The first-order chi connectivity index (χ1) is 8.29. The second-order valence-corrected chi connectivity index (χ2v) is 4.06. The quantitative estimate of drug-likeness (QED) is 0.525. The minimum absolute atomic E-state index is 0.191. The monoisotopic (exact) mass is 235 g/mol. The predicted molar refractivity (Wildman–Crippen MR) is 64.9 cm³/mol. The molecule has 0 spiro atoms. The highest BCUT2D eigenvalue weighted by Gasteiger charge is 2.14. The summed E-state index contributed by atoms with van der Waals surface area (Å²) in [6.45, 7) is 1.81. The number of piperidine rings is 1. The van der Waals surface area contributed by atoms with Crippen molar-refractivity contribution < 1.29 is 4.79 Å². The van der Waals surface area contributed by atoms with Gasteiger partial charge < -0.3 is 5.43 Å². The van der Waals surface area contributed by atoms with Crippen LogP contribution in [0.4, 0.5) is 5.69 Å². The maximum Gasteiger partial charge on any atom is 0.284 e. The maximum atomic E-state index is 11.9. The lowest BCUT2D eigenvalue weighted by atomic mass is 10.2. The number of carbonyl (C=O) groups excluding carboxylic acids is 1. The van der Waals surface area contributed by atoms with E-state index in [1.165, 1.54) is 6.42 Å². The molecule has 2 rings (SSSR count). The normalized spacial score (nSPS) is 16.5. The minimum atomic E-state index is -0.191. The predicted octanol–water partition coefficient (Wildman–Crippen LogP) is 0.498. The largest absolute Gasteiger partial charge is 0.324 e. The third-order valence-corrected chi connectivity index (χ3v) is 2.77. The number of hydrogen-bond donors (Lipinski definition) is 3. The van der Waals surface area contributed by atoms with Crippen LogP contribution < -0.4 is 16.7 Å². The van der Waals surface area contributed by atoms with Gasteiger partial charge in [0, 0.05) is 19.3 Å². The number of amides is 1. The highest BCUT2D eigenvalue weighted by Crippen LogP contribution is 2.08. The second kappa shape index (κ2) is 5.60. The number of nitrogens with one attached hydrogen (secondary N) is 2. The molecule has 92 valence electrons. The molecule has 1 amide bonds. The van der Waals surface area contributed by atoms with Crippen LogP contribution in [0.25, 0.3) is 0 Å². The van der Waals surface area contributed by atoms with E-state index in [2.05, 4.69) is 15.8 Å². The van der Waals surface area contributed by atoms with Gasteiger partial charge in [0.25, 0.3) is 5.91 Å². The molecule has 0 saturated carbocycles. The smallest absolute Gasteiger partial charge is 0.284 e. The van der Waals surface area contributed by atoms with Crippen LogP contribution in [0, 0.1) is 0 Å². The summed E-state index contributed by atoms with van der Waals surface area (Å²) >= 11 is 0. The number of rotatable bonds is 3. The van der Waals surface area contributed by atoms with E-state index in [0.29, 0.717) is 11.4 Å². The van der Waals surface area contributed by atoms with E-state index in [1.54, 1.807) is 18.3 Å². The molecule has 0 bridgehead atoms. The number of pyridine rings is 1. The van der Waals surface area contributed by atoms with Crippen LogP contribution in [-0.4, -0.2) is 29.0 Å². The van der Waals surface area contributed by atoms with Gasteiger partial charge in [0.1, 0.15) is 5.69 Å². The number of hydrazine groups is 2. The first kappa shape index (κ1) is 11.8. The zero-order valence-corrected chi connectivity index (χ0v) is 9.65. The number of anilines is 1. The van der Waals surface area contributed by atoms with E-state index in [9.17, 15) is 4.79 Å². The van der Waals surface area contributed by atoms with Crippen LogP contribution in [-0.2, 0) is 0 Å². The zero-order chi connectivity index (χ0) is 12.1. The molecule has 1 aliphatic rings. The Bertz CT molecular complexity index is 389. The average Bonchev–Trinajstić information content (AvgIpc) is 2.40. The first-order valence-electron chi connectivity index (χ1n) is 5.78. The van der Waals surface area contributed by atoms with E-state index in [4.69, 9.17) is 5.84 Å². The maximum absolute atomic E-state index is 11.9. The standard InChI is InChI=1S/C11H17N5O/c12-14-9-4-5-13-10(8-9)11(17)15-16-6-2-1-3-7-16/h4-5,8H,1-3,6-7,12H2,(H,13,14)(H,15,17). The van der Waals surface area contributed by atoms with Gasteiger partial charge in [0.05, 0.1) is 5.69 Å². The highest BCUT2D eigenvalue weighted by atomic mass is 16.2. The summed E-state index contributed by atoms with van der Waals surface area (Å²) in [7, 11) is 0. The fourth-order valence-electron chi connectivity index (χ4n) is 1.85. The Hall–Kier alpha value is -1.66. The molecule has 6 heteroatoms. The van der Waals surface area contributed by atoms with Crippen molar-refractivity contribution in [3.8, 4) is 0 Å². The molecule has 2 heterocycles. The molecule has 17 heavy (non-hydrogen) atoms. The lowest BCUT2D eigenvalue weighted by Crippen LogP contribution is -2.45. The van der Waals surface area contributed by atoms with Gasteiger partial charge >= 0.3 is 0 Å². The summed E-state index contributed by atoms with van der Waals surface area (Å²) in [5, 5.41) is 1.94. The molecular formula is C11H17N5O. The Balaban J connectivity index is 1.98. The van der Waals surface area contributed by atoms with E-state index >= 15 is 0 Å². The van der Waals surface area contributed by atoms with Crippen molar-refractivity contribution in [3.05, 3.63) is 24.0 Å². The lowest BCUT2D eigenvalue weighted by molar-refractivity contribution is 0.0745. The molecule has 1 aromatic heterocycles. The Morgan fingerprint density at radius 3 is 2.82 bits per heavy atom. The van der Waals surface area contributed by atoms with E-state index < -0.39 is 0 Å². The summed E-state index contributed by atoms with van der Waals surface area (Å²) in [6, 6.07) is 3.33. The van der Waals surface area contributed by atoms with Gasteiger partial charge in [-0.2, -0.15) is 0 Å². The third kappa shape index (κ3) is 3.15. The van der Waals surface area contributed by atoms with Crippen LogP contribution in [0.2, 0.25) is 0 Å². The summed E-state index contributed by atoms with van der Waals surface area (Å²) < 4.78 is 0. The number of nitrogens with zero attached hydrogens (tertiary/aromatic N) is 2. The Kier molecular flexibility index (Phi) is 3.89. The van der Waals surface area contributed by atoms with Gasteiger partial charge in [-0.25, -0.2) is 5.01 Å². The van der Waals surface area contributed by atoms with E-state index in [-0.39, 0.29) is 5.91 Å². The van der Waals surface area contributed by atoms with E-state index in [0.717, 1.165) is 25.9 Å². The fraction of sp³-hybridized carbons (Fsp3) is 0.455. The summed E-state index contributed by atoms with van der Waals surface area (Å²) in [6.07, 6.45) is 5.04. The molecule has 1 aromatic rings. The SMILES string of the molecule is NNc1ccnc(C(=O)NN2CCCCC2)c1. The second-order valence-electron chi connectivity index (χ2n) is 4.06. The molecule has 1 aliphatic heterocycles. The molecule has 0 aromatic carbocycles. The van der Waals surface area contributed by atoms with Gasteiger partial charge in [0.2, 0.25) is 0 Å². The van der Waals surface area contributed by atoms with Gasteiger partial charge in [-0.1, -0.05) is 6.42 Å². The van der Waals surface area contributed by atoms with Gasteiger partial charge in [-0.3, -0.25) is 21.0 Å². The van der Waals surface area contributed by atoms with Gasteiger partial charge in [0.15, 0.2) is 0 Å². The van der Waals surface area contributed by atoms with Crippen LogP contribution in [0.3, 0.4) is 0 Å². The molecule has 1 saturated heterocycles. The first-order valence-corrected chi connectivity index (χ1v) is 5.78. The van der Waals surface area contributed by atoms with E-state index in [1.807, 2.05) is 5.01 Å². The van der Waals surface area contributed by atoms with Crippen molar-refractivity contribution in [3.63, 3.8) is 0 Å². The number of nitrogen functional groups attached to an aromatic ring is 1. The fourth-order valence-corrected chi connectivity index (χ4v) is 1.85. The average molecular weight is 235 g/mol. The Labute approximate surface area is 100 Å². The van der Waals surface area contributed by atoms with Crippen molar-refractivity contribution >= 4 is 11.6 Å². The van der Waals surface area contributed by atoms with Gasteiger partial charge in [-0.05, 0) is 25.0 Å². The highest BCUT2D eigenvalue weighted by molar-refractivity contribution is 5.92. The molecule has 6 nitrogen and oxygen atoms in total. The lowest BCUT2D eigenvalue weighted by Gasteiger charge is -2.26. The number of nitrogens with two attached hydrogens (primary N) is 1. The Morgan fingerprint density at radius 2 is 2.12 bits per heavy atom. The van der Waals surface area contributed by atoms with Crippen molar-refractivity contribution in [1.29, 1.82) is 0 Å². The van der Waals surface area contributed by atoms with Crippen molar-refractivity contribution in [2.24, 2.45) is 5.84 Å². The van der Waals surface area contributed by atoms with Crippen molar-refractivity contribution in [1.82, 2.24) is 15.4 Å². The molecular weight excluding hydrogens is 218 g/mol. The molecule has 0 unspecified atom stereocenters. The van der Waals surface area contributed by atoms with Gasteiger partial charge in [-0.15, -0.1) is 0 Å². The molecule has 0 radical (unpaired) electrons. The number of carbonyl (C=O) groups is 1. The summed E-state index contributed by atoms with van der Waals surface area (Å²) in [5.74, 6) is 5.09. The minimum Gasteiger partial charge on any atom is -0.324 e. The number of hydrogen-bond acceptors (Lipinski definition) is 5. The zero-order valence-electron chi connectivity index (χ0n) is 9.65. The number of aromatic nitrogens is 1. The third-order valence-electron chi connectivity index (χ3n) is 2.77. The molecule has 0 aliphatic carbocycles. The Morgan fingerprint density at radius 1 is 1.35 bits per heavy atom. The van der Waals surface area contributed by atoms with Crippen LogP contribution in [0.5, 0.6) is 0 Å². The topological polar surface area (TPSA) is 83.3 Å². The van der Waals surface area contributed by atoms with Crippen molar-refractivity contribution in [2.45, 2.75) is 19.3 Å². The van der Waals surface area contributed by atoms with Crippen LogP contribution in [0.15, 0.2) is 18.3 Å². The van der Waals surface area contributed by atoms with Crippen molar-refractivity contribution in [2.75, 3.05) is 18.5 Å². The molecule has 4 N–H and O–H groups in total. The van der Waals surface area contributed by atoms with Crippen LogP contribution in [0.1, 0.15) is 29.8 Å². The van der Waals surface area contributed by atoms with Crippen LogP contribution >= 0.6 is 0 Å².